The summed E-state index contributed by atoms with van der Waals surface area (Å²) in [5, 5.41) is 2.57. The molecule has 0 atom stereocenters. The van der Waals surface area contributed by atoms with Crippen LogP contribution in [-0.2, 0) is 16.6 Å². The fraction of sp³-hybridized carbons (Fsp3) is 0.150. The number of sulfonamides is 1. The lowest BCUT2D eigenvalue weighted by Gasteiger charge is -2.08. The number of amides is 1. The third-order valence-electron chi connectivity index (χ3n) is 3.94. The molecule has 144 valence electrons. The number of benzene rings is 2. The standard InChI is InChI=1S/C20H20N4O3S/c25-20(18-14-22-19(23-15-18)17-9-5-2-6-10-17)21-11-12-28(26,27)24-13-16-7-3-1-4-8-16/h1-10,14-15,24H,11-13H2,(H,21,25). The maximum absolute atomic E-state index is 12.2. The van der Waals surface area contributed by atoms with Crippen LogP contribution in [0.5, 0.6) is 0 Å². The van der Waals surface area contributed by atoms with Gasteiger partial charge in [-0.1, -0.05) is 60.7 Å². The molecular weight excluding hydrogens is 376 g/mol. The average Bonchev–Trinajstić information content (AvgIpc) is 2.74. The Morgan fingerprint density at radius 1 is 0.893 bits per heavy atom. The van der Waals surface area contributed by atoms with Crippen molar-refractivity contribution in [2.75, 3.05) is 12.3 Å². The maximum Gasteiger partial charge on any atom is 0.254 e. The van der Waals surface area contributed by atoms with E-state index < -0.39 is 15.9 Å². The van der Waals surface area contributed by atoms with Gasteiger partial charge in [0.15, 0.2) is 5.82 Å². The van der Waals surface area contributed by atoms with Crippen molar-refractivity contribution in [3.8, 4) is 11.4 Å². The van der Waals surface area contributed by atoms with E-state index >= 15 is 0 Å². The zero-order chi connectivity index (χ0) is 19.8. The molecule has 3 aromatic rings. The summed E-state index contributed by atoms with van der Waals surface area (Å²) in [6.07, 6.45) is 2.85. The molecule has 0 aliphatic rings. The Labute approximate surface area is 163 Å². The molecule has 0 radical (unpaired) electrons. The summed E-state index contributed by atoms with van der Waals surface area (Å²) in [6, 6.07) is 18.6. The monoisotopic (exact) mass is 396 g/mol. The summed E-state index contributed by atoms with van der Waals surface area (Å²) in [5.74, 6) is -0.114. The second-order valence-corrected chi connectivity index (χ2v) is 7.97. The van der Waals surface area contributed by atoms with Gasteiger partial charge in [0.2, 0.25) is 10.0 Å². The molecule has 0 bridgehead atoms. The normalized spacial score (nSPS) is 11.1. The Morgan fingerprint density at radius 3 is 2.14 bits per heavy atom. The molecule has 0 unspecified atom stereocenters. The van der Waals surface area contributed by atoms with Crippen LogP contribution in [-0.4, -0.2) is 36.6 Å². The van der Waals surface area contributed by atoms with E-state index in [-0.39, 0.29) is 24.4 Å². The highest BCUT2D eigenvalue weighted by Crippen LogP contribution is 2.13. The molecule has 1 heterocycles. The second kappa shape index (κ2) is 9.20. The van der Waals surface area contributed by atoms with E-state index in [1.165, 1.54) is 12.4 Å². The number of nitrogens with zero attached hydrogens (tertiary/aromatic N) is 2. The topological polar surface area (TPSA) is 101 Å². The van der Waals surface area contributed by atoms with Crippen molar-refractivity contribution in [1.29, 1.82) is 0 Å². The molecule has 0 saturated heterocycles. The van der Waals surface area contributed by atoms with E-state index in [0.29, 0.717) is 5.82 Å². The molecule has 3 rings (SSSR count). The van der Waals surface area contributed by atoms with E-state index in [2.05, 4.69) is 20.0 Å². The van der Waals surface area contributed by atoms with Gasteiger partial charge in [-0.3, -0.25) is 4.79 Å². The predicted octanol–water partition coefficient (Wildman–Crippen LogP) is 1.99. The van der Waals surface area contributed by atoms with Gasteiger partial charge >= 0.3 is 0 Å². The molecule has 0 aliphatic heterocycles. The Bertz CT molecular complexity index is 1010. The number of carbonyl (C=O) groups excluding carboxylic acids is 1. The van der Waals surface area contributed by atoms with Crippen LogP contribution in [0, 0.1) is 0 Å². The number of hydrogen-bond donors (Lipinski definition) is 2. The van der Waals surface area contributed by atoms with Gasteiger partial charge in [0, 0.05) is 31.0 Å². The van der Waals surface area contributed by atoms with E-state index in [9.17, 15) is 13.2 Å². The molecule has 0 aliphatic carbocycles. The van der Waals surface area contributed by atoms with E-state index in [1.807, 2.05) is 60.7 Å². The number of rotatable bonds is 8. The third-order valence-corrected chi connectivity index (χ3v) is 5.27. The summed E-state index contributed by atoms with van der Waals surface area (Å²) in [7, 11) is -3.50. The van der Waals surface area contributed by atoms with Gasteiger partial charge < -0.3 is 5.32 Å². The highest BCUT2D eigenvalue weighted by Gasteiger charge is 2.12. The number of hydrogen-bond acceptors (Lipinski definition) is 5. The Hall–Kier alpha value is -3.10. The lowest BCUT2D eigenvalue weighted by atomic mass is 10.2. The molecule has 0 saturated carbocycles. The molecule has 0 spiro atoms. The first-order chi connectivity index (χ1) is 13.5. The lowest BCUT2D eigenvalue weighted by Crippen LogP contribution is -2.34. The minimum Gasteiger partial charge on any atom is -0.351 e. The molecule has 2 N–H and O–H groups in total. The van der Waals surface area contributed by atoms with Gasteiger partial charge in [-0.15, -0.1) is 0 Å². The first-order valence-electron chi connectivity index (χ1n) is 8.70. The number of aromatic nitrogens is 2. The summed E-state index contributed by atoms with van der Waals surface area (Å²) < 4.78 is 26.6. The number of carbonyl (C=O) groups is 1. The quantitative estimate of drug-likeness (QED) is 0.606. The Kier molecular flexibility index (Phi) is 6.46. The molecule has 2 aromatic carbocycles. The highest BCUT2D eigenvalue weighted by molar-refractivity contribution is 7.89. The predicted molar refractivity (Wildman–Crippen MR) is 107 cm³/mol. The first kappa shape index (κ1) is 19.7. The molecule has 1 amide bonds. The Balaban J connectivity index is 1.48. The van der Waals surface area contributed by atoms with Crippen LogP contribution in [0.4, 0.5) is 0 Å². The molecule has 28 heavy (non-hydrogen) atoms. The van der Waals surface area contributed by atoms with Crippen molar-refractivity contribution >= 4 is 15.9 Å². The molecule has 8 heteroatoms. The lowest BCUT2D eigenvalue weighted by molar-refractivity contribution is 0.0955. The summed E-state index contributed by atoms with van der Waals surface area (Å²) >= 11 is 0. The van der Waals surface area contributed by atoms with E-state index in [4.69, 9.17) is 0 Å². The Morgan fingerprint density at radius 2 is 1.50 bits per heavy atom. The summed E-state index contributed by atoms with van der Waals surface area (Å²) in [4.78, 5) is 20.5. The van der Waals surface area contributed by atoms with Crippen molar-refractivity contribution in [1.82, 2.24) is 20.0 Å². The van der Waals surface area contributed by atoms with Crippen LogP contribution in [0.25, 0.3) is 11.4 Å². The minimum atomic E-state index is -3.50. The van der Waals surface area contributed by atoms with Gasteiger partial charge in [-0.2, -0.15) is 0 Å². The van der Waals surface area contributed by atoms with Crippen molar-refractivity contribution in [2.45, 2.75) is 6.54 Å². The van der Waals surface area contributed by atoms with Gasteiger partial charge in [0.25, 0.3) is 5.91 Å². The largest absolute Gasteiger partial charge is 0.351 e. The van der Waals surface area contributed by atoms with Crippen molar-refractivity contribution < 1.29 is 13.2 Å². The maximum atomic E-state index is 12.2. The second-order valence-electron chi connectivity index (χ2n) is 6.04. The molecule has 1 aromatic heterocycles. The zero-order valence-corrected chi connectivity index (χ0v) is 15.9. The molecule has 7 nitrogen and oxygen atoms in total. The van der Waals surface area contributed by atoms with E-state index in [0.717, 1.165) is 11.1 Å². The van der Waals surface area contributed by atoms with Crippen LogP contribution >= 0.6 is 0 Å². The van der Waals surface area contributed by atoms with Gasteiger partial charge in [-0.25, -0.2) is 23.1 Å². The van der Waals surface area contributed by atoms with Crippen molar-refractivity contribution in [2.24, 2.45) is 0 Å². The smallest absolute Gasteiger partial charge is 0.254 e. The fourth-order valence-electron chi connectivity index (χ4n) is 2.44. The van der Waals surface area contributed by atoms with Crippen molar-refractivity contribution in [3.05, 3.63) is 84.2 Å². The highest BCUT2D eigenvalue weighted by atomic mass is 32.2. The summed E-state index contributed by atoms with van der Waals surface area (Å²) in [6.45, 7) is 0.204. The zero-order valence-electron chi connectivity index (χ0n) is 15.1. The van der Waals surface area contributed by atoms with Crippen LogP contribution in [0.2, 0.25) is 0 Å². The van der Waals surface area contributed by atoms with Crippen molar-refractivity contribution in [3.63, 3.8) is 0 Å². The molecule has 0 fully saturated rings. The summed E-state index contributed by atoms with van der Waals surface area (Å²) in [5.41, 5.74) is 1.99. The first-order valence-corrected chi connectivity index (χ1v) is 10.4. The van der Waals surface area contributed by atoms with Gasteiger partial charge in [0.1, 0.15) is 0 Å². The fourth-order valence-corrected chi connectivity index (χ4v) is 3.35. The SMILES string of the molecule is O=C(NCCS(=O)(=O)NCc1ccccc1)c1cnc(-c2ccccc2)nc1. The minimum absolute atomic E-state index is 0.0105. The van der Waals surface area contributed by atoms with Crippen LogP contribution in [0.15, 0.2) is 73.1 Å². The van der Waals surface area contributed by atoms with Crippen LogP contribution in [0.3, 0.4) is 0 Å². The number of nitrogens with one attached hydrogen (secondary N) is 2. The third kappa shape index (κ3) is 5.70. The van der Waals surface area contributed by atoms with Gasteiger partial charge in [-0.05, 0) is 5.56 Å². The van der Waals surface area contributed by atoms with Crippen LogP contribution in [0.1, 0.15) is 15.9 Å². The van der Waals surface area contributed by atoms with Crippen LogP contribution < -0.4 is 10.0 Å². The van der Waals surface area contributed by atoms with Gasteiger partial charge in [0.05, 0.1) is 11.3 Å². The van der Waals surface area contributed by atoms with E-state index in [1.54, 1.807) is 0 Å². The average molecular weight is 396 g/mol. The molecular formula is C20H20N4O3S.